The van der Waals surface area contributed by atoms with Crippen molar-refractivity contribution in [2.45, 2.75) is 32.7 Å². The van der Waals surface area contributed by atoms with E-state index in [-0.39, 0.29) is 24.7 Å². The molecule has 0 fully saturated rings. The molecular formula is C20H21Cl2NO2. The molecule has 0 radical (unpaired) electrons. The van der Waals surface area contributed by atoms with Gasteiger partial charge in [0, 0.05) is 10.0 Å². The van der Waals surface area contributed by atoms with Gasteiger partial charge in [0.25, 0.3) is 0 Å². The Bertz CT molecular complexity index is 752. The lowest BCUT2D eigenvalue weighted by molar-refractivity contribution is -0.140. The fourth-order valence-corrected chi connectivity index (χ4v) is 3.28. The summed E-state index contributed by atoms with van der Waals surface area (Å²) in [5.74, 6) is -0.204. The summed E-state index contributed by atoms with van der Waals surface area (Å²) >= 11 is 12.2. The van der Waals surface area contributed by atoms with Crippen LogP contribution in [0.15, 0.2) is 48.5 Å². The second kappa shape index (κ2) is 8.03. The summed E-state index contributed by atoms with van der Waals surface area (Å²) in [5, 5.41) is 0.989. The van der Waals surface area contributed by atoms with Gasteiger partial charge in [-0.15, -0.1) is 0 Å². The van der Waals surface area contributed by atoms with Crippen molar-refractivity contribution >= 4 is 34.9 Å². The Morgan fingerprint density at radius 1 is 1.00 bits per heavy atom. The van der Waals surface area contributed by atoms with E-state index in [1.54, 1.807) is 23.1 Å². The summed E-state index contributed by atoms with van der Waals surface area (Å²) in [6.45, 7) is 5.29. The van der Waals surface area contributed by atoms with Crippen LogP contribution in [0.1, 0.15) is 31.9 Å². The number of rotatable bonds is 6. The highest BCUT2D eigenvalue weighted by Crippen LogP contribution is 2.32. The smallest absolute Gasteiger partial charge is 0.228 e. The molecule has 0 aliphatic carbocycles. The van der Waals surface area contributed by atoms with Crippen LogP contribution in [0.3, 0.4) is 0 Å². The number of Topliss-reactive ketones (excluding diaryl/α,β-unsaturated/α-hetero) is 1. The summed E-state index contributed by atoms with van der Waals surface area (Å²) in [6.07, 6.45) is 0.228. The van der Waals surface area contributed by atoms with Crippen LogP contribution in [0, 0.1) is 0 Å². The number of amides is 1. The fraction of sp³-hybridized carbons (Fsp3) is 0.300. The van der Waals surface area contributed by atoms with Crippen LogP contribution >= 0.6 is 23.2 Å². The third-order valence-corrected chi connectivity index (χ3v) is 4.56. The number of halogens is 2. The highest BCUT2D eigenvalue weighted by atomic mass is 35.5. The van der Waals surface area contributed by atoms with Crippen molar-refractivity contribution < 1.29 is 9.59 Å². The van der Waals surface area contributed by atoms with Gasteiger partial charge in [-0.25, -0.2) is 0 Å². The van der Waals surface area contributed by atoms with Crippen molar-refractivity contribution in [2.75, 3.05) is 6.54 Å². The average Bonchev–Trinajstić information content (AvgIpc) is 2.52. The molecule has 0 unspecified atom stereocenters. The van der Waals surface area contributed by atoms with Crippen molar-refractivity contribution in [3.63, 3.8) is 0 Å². The summed E-state index contributed by atoms with van der Waals surface area (Å²) in [7, 11) is 0. The molecule has 2 aromatic rings. The van der Waals surface area contributed by atoms with Crippen LogP contribution in [0.2, 0.25) is 10.0 Å². The van der Waals surface area contributed by atoms with E-state index >= 15 is 0 Å². The van der Waals surface area contributed by atoms with Crippen molar-refractivity contribution in [3.05, 3.63) is 69.7 Å². The first-order chi connectivity index (χ1) is 11.7. The Morgan fingerprint density at radius 2 is 1.56 bits per heavy atom. The minimum Gasteiger partial charge on any atom is -0.326 e. The van der Waals surface area contributed by atoms with Gasteiger partial charge in [-0.1, -0.05) is 53.5 Å². The Morgan fingerprint density at radius 3 is 2.08 bits per heavy atom. The summed E-state index contributed by atoms with van der Waals surface area (Å²) in [6, 6.07) is 14.7. The van der Waals surface area contributed by atoms with Crippen molar-refractivity contribution in [1.29, 1.82) is 0 Å². The van der Waals surface area contributed by atoms with E-state index in [0.29, 0.717) is 10.0 Å². The van der Waals surface area contributed by atoms with Gasteiger partial charge >= 0.3 is 0 Å². The molecule has 0 bridgehead atoms. The van der Waals surface area contributed by atoms with Crippen LogP contribution in [0.5, 0.6) is 0 Å². The first-order valence-corrected chi connectivity index (χ1v) is 8.76. The molecule has 0 saturated carbocycles. The quantitative estimate of drug-likeness (QED) is 0.718. The molecule has 5 heteroatoms. The molecule has 2 rings (SSSR count). The number of hydrogen-bond donors (Lipinski definition) is 0. The first kappa shape index (κ1) is 19.5. The van der Waals surface area contributed by atoms with Gasteiger partial charge in [-0.2, -0.15) is 0 Å². The Hall–Kier alpha value is -1.84. The number of hydrogen-bond acceptors (Lipinski definition) is 2. The van der Waals surface area contributed by atoms with Gasteiger partial charge in [0.05, 0.1) is 18.5 Å². The zero-order valence-electron chi connectivity index (χ0n) is 14.6. The standard InChI is InChI=1S/C20H21Cl2NO2/c1-14(24)13-23(19(25)9-15-7-5-4-6-8-15)20(2,3)16-10-17(21)12-18(22)11-16/h4-8,10-12H,9,13H2,1-3H3. The first-order valence-electron chi connectivity index (χ1n) is 8.00. The predicted molar refractivity (Wildman–Crippen MR) is 102 cm³/mol. The van der Waals surface area contributed by atoms with Gasteiger partial charge in [-0.3, -0.25) is 9.59 Å². The van der Waals surface area contributed by atoms with Crippen LogP contribution < -0.4 is 0 Å². The normalized spacial score (nSPS) is 11.2. The summed E-state index contributed by atoms with van der Waals surface area (Å²) < 4.78 is 0. The van der Waals surface area contributed by atoms with Crippen LogP contribution in [-0.4, -0.2) is 23.1 Å². The number of ketones is 1. The topological polar surface area (TPSA) is 37.4 Å². The Kier molecular flexibility index (Phi) is 6.26. The molecule has 0 saturated heterocycles. The maximum atomic E-state index is 12.9. The molecule has 0 atom stereocenters. The number of carbonyl (C=O) groups is 2. The van der Waals surface area contributed by atoms with Crippen molar-refractivity contribution in [1.82, 2.24) is 4.90 Å². The molecule has 0 aliphatic rings. The SMILES string of the molecule is CC(=O)CN(C(=O)Cc1ccccc1)C(C)(C)c1cc(Cl)cc(Cl)c1. The lowest BCUT2D eigenvalue weighted by atomic mass is 9.91. The van der Waals surface area contributed by atoms with Crippen molar-refractivity contribution in [2.24, 2.45) is 0 Å². The molecule has 0 aromatic heterocycles. The molecule has 0 aliphatic heterocycles. The largest absolute Gasteiger partial charge is 0.326 e. The Balaban J connectivity index is 2.37. The third kappa shape index (κ3) is 5.07. The van der Waals surface area contributed by atoms with E-state index in [1.165, 1.54) is 6.92 Å². The maximum Gasteiger partial charge on any atom is 0.228 e. The highest BCUT2D eigenvalue weighted by molar-refractivity contribution is 6.34. The molecule has 132 valence electrons. The number of carbonyl (C=O) groups excluding carboxylic acids is 2. The van der Waals surface area contributed by atoms with E-state index < -0.39 is 5.54 Å². The molecule has 0 heterocycles. The number of benzene rings is 2. The van der Waals surface area contributed by atoms with Gasteiger partial charge in [0.2, 0.25) is 5.91 Å². The van der Waals surface area contributed by atoms with Gasteiger partial charge in [0.15, 0.2) is 0 Å². The monoisotopic (exact) mass is 377 g/mol. The van der Waals surface area contributed by atoms with Crippen LogP contribution in [0.4, 0.5) is 0 Å². The Labute approximate surface area is 158 Å². The molecular weight excluding hydrogens is 357 g/mol. The van der Waals surface area contributed by atoms with Crippen LogP contribution in [-0.2, 0) is 21.5 Å². The fourth-order valence-electron chi connectivity index (χ4n) is 2.75. The minimum absolute atomic E-state index is 0.0306. The van der Waals surface area contributed by atoms with E-state index in [9.17, 15) is 9.59 Å². The van der Waals surface area contributed by atoms with Gasteiger partial charge in [0.1, 0.15) is 5.78 Å². The summed E-state index contributed by atoms with van der Waals surface area (Å²) in [5.41, 5.74) is 0.958. The van der Waals surface area contributed by atoms with Crippen molar-refractivity contribution in [3.8, 4) is 0 Å². The van der Waals surface area contributed by atoms with Crippen LogP contribution in [0.25, 0.3) is 0 Å². The van der Waals surface area contributed by atoms with E-state index in [1.807, 2.05) is 44.2 Å². The summed E-state index contributed by atoms with van der Waals surface area (Å²) in [4.78, 5) is 26.3. The van der Waals surface area contributed by atoms with E-state index in [2.05, 4.69) is 0 Å². The molecule has 0 N–H and O–H groups in total. The van der Waals surface area contributed by atoms with E-state index in [4.69, 9.17) is 23.2 Å². The molecule has 0 spiro atoms. The second-order valence-electron chi connectivity index (χ2n) is 6.56. The van der Waals surface area contributed by atoms with Gasteiger partial charge in [-0.05, 0) is 50.1 Å². The lowest BCUT2D eigenvalue weighted by Crippen LogP contribution is -2.48. The third-order valence-electron chi connectivity index (χ3n) is 4.12. The molecule has 3 nitrogen and oxygen atoms in total. The van der Waals surface area contributed by atoms with Gasteiger partial charge < -0.3 is 4.90 Å². The average molecular weight is 378 g/mol. The maximum absolute atomic E-state index is 12.9. The number of nitrogens with zero attached hydrogens (tertiary/aromatic N) is 1. The molecule has 1 amide bonds. The predicted octanol–water partition coefficient (Wildman–Crippen LogP) is 4.89. The zero-order chi connectivity index (χ0) is 18.6. The minimum atomic E-state index is -0.730. The molecule has 25 heavy (non-hydrogen) atoms. The highest BCUT2D eigenvalue weighted by Gasteiger charge is 2.33. The molecule has 2 aromatic carbocycles. The lowest BCUT2D eigenvalue weighted by Gasteiger charge is -2.39. The second-order valence-corrected chi connectivity index (χ2v) is 7.43. The van der Waals surface area contributed by atoms with E-state index in [0.717, 1.165) is 11.1 Å². The zero-order valence-corrected chi connectivity index (χ0v) is 16.1.